The van der Waals surface area contributed by atoms with Crippen LogP contribution in [0.25, 0.3) is 0 Å². The summed E-state index contributed by atoms with van der Waals surface area (Å²) in [6, 6.07) is 0. The Morgan fingerprint density at radius 3 is 2.64 bits per heavy atom. The highest BCUT2D eigenvalue weighted by Crippen LogP contribution is 2.17. The second-order valence-electron chi connectivity index (χ2n) is 2.25. The van der Waals surface area contributed by atoms with Crippen LogP contribution in [0.2, 0.25) is 0 Å². The van der Waals surface area contributed by atoms with E-state index in [1.807, 2.05) is 0 Å². The molecule has 60 valence electrons. The van der Waals surface area contributed by atoms with Crippen molar-refractivity contribution in [2.45, 2.75) is 13.0 Å². The molecule has 0 aliphatic carbocycles. The van der Waals surface area contributed by atoms with Crippen LogP contribution in [0.4, 0.5) is 0 Å². The zero-order valence-corrected chi connectivity index (χ0v) is 5.94. The van der Waals surface area contributed by atoms with Crippen LogP contribution in [0.5, 0.6) is 0 Å². The Hall–Kier alpha value is -1.29. The number of hydrogen-bond donors (Lipinski definition) is 2. The lowest BCUT2D eigenvalue weighted by Crippen LogP contribution is -2.10. The molecule has 2 N–H and O–H groups in total. The molecule has 0 aliphatic heterocycles. The van der Waals surface area contributed by atoms with Crippen molar-refractivity contribution in [2.24, 2.45) is 0 Å². The summed E-state index contributed by atoms with van der Waals surface area (Å²) in [5.74, 6) is -1.27. The van der Waals surface area contributed by atoms with Gasteiger partial charge in [-0.25, -0.2) is 4.79 Å². The highest BCUT2D eigenvalue weighted by Gasteiger charge is 2.19. The molecule has 0 aromatic carbocycles. The van der Waals surface area contributed by atoms with Crippen molar-refractivity contribution < 1.29 is 19.4 Å². The summed E-state index contributed by atoms with van der Waals surface area (Å²) in [5, 5.41) is 17.4. The topological polar surface area (TPSA) is 70.7 Å². The minimum atomic E-state index is -1.48. The zero-order chi connectivity index (χ0) is 8.43. The number of rotatable bonds is 2. The Bertz CT molecular complexity index is 263. The maximum atomic E-state index is 10.3. The predicted octanol–water partition coefficient (Wildman–Crippen LogP) is 0.706. The minimum Gasteiger partial charge on any atom is -0.479 e. The van der Waals surface area contributed by atoms with E-state index in [0.29, 0.717) is 11.1 Å². The van der Waals surface area contributed by atoms with E-state index in [-0.39, 0.29) is 0 Å². The fraction of sp³-hybridized carbons (Fsp3) is 0.286. The number of aliphatic hydroxyl groups is 1. The molecule has 0 spiro atoms. The third-order valence-corrected chi connectivity index (χ3v) is 1.42. The van der Waals surface area contributed by atoms with Crippen LogP contribution in [0.1, 0.15) is 17.2 Å². The van der Waals surface area contributed by atoms with E-state index in [1.165, 1.54) is 12.5 Å². The molecule has 0 saturated heterocycles. The average Bonchev–Trinajstić information content (AvgIpc) is 2.33. The minimum absolute atomic E-state index is 0.303. The van der Waals surface area contributed by atoms with Gasteiger partial charge in [0.2, 0.25) is 0 Å². The van der Waals surface area contributed by atoms with Crippen molar-refractivity contribution in [3.8, 4) is 0 Å². The van der Waals surface area contributed by atoms with Gasteiger partial charge in [0.25, 0.3) is 0 Å². The van der Waals surface area contributed by atoms with E-state index in [1.54, 1.807) is 6.92 Å². The smallest absolute Gasteiger partial charge is 0.337 e. The van der Waals surface area contributed by atoms with Crippen LogP contribution in [-0.2, 0) is 4.79 Å². The largest absolute Gasteiger partial charge is 0.479 e. The van der Waals surface area contributed by atoms with Gasteiger partial charge in [-0.1, -0.05) is 0 Å². The van der Waals surface area contributed by atoms with Gasteiger partial charge in [0, 0.05) is 5.56 Å². The third kappa shape index (κ3) is 1.40. The highest BCUT2D eigenvalue weighted by atomic mass is 16.4. The number of carbonyl (C=O) groups is 1. The Kier molecular flexibility index (Phi) is 1.96. The molecule has 0 aliphatic rings. The number of carboxylic acid groups (broad SMARTS) is 1. The van der Waals surface area contributed by atoms with Gasteiger partial charge in [0.1, 0.15) is 0 Å². The number of aliphatic hydroxyl groups excluding tert-OH is 1. The van der Waals surface area contributed by atoms with E-state index in [0.717, 1.165) is 0 Å². The molecule has 1 aromatic heterocycles. The van der Waals surface area contributed by atoms with Crippen LogP contribution in [0.3, 0.4) is 0 Å². The number of hydrogen-bond acceptors (Lipinski definition) is 3. The number of aryl methyl sites for hydroxylation is 1. The molecule has 1 atom stereocenters. The first-order valence-corrected chi connectivity index (χ1v) is 3.06. The van der Waals surface area contributed by atoms with Gasteiger partial charge >= 0.3 is 5.97 Å². The Morgan fingerprint density at radius 2 is 2.27 bits per heavy atom. The Balaban J connectivity index is 2.92. The third-order valence-electron chi connectivity index (χ3n) is 1.42. The summed E-state index contributed by atoms with van der Waals surface area (Å²) in [6.07, 6.45) is 1.14. The van der Waals surface area contributed by atoms with E-state index in [2.05, 4.69) is 0 Å². The maximum absolute atomic E-state index is 10.3. The van der Waals surface area contributed by atoms with Crippen LogP contribution in [0, 0.1) is 6.92 Å². The fourth-order valence-corrected chi connectivity index (χ4v) is 0.784. The normalized spacial score (nSPS) is 12.9. The molecule has 1 heterocycles. The summed E-state index contributed by atoms with van der Waals surface area (Å²) >= 11 is 0. The summed E-state index contributed by atoms with van der Waals surface area (Å²) in [4.78, 5) is 10.3. The molecule has 0 radical (unpaired) electrons. The van der Waals surface area contributed by atoms with E-state index in [4.69, 9.17) is 14.6 Å². The first-order valence-electron chi connectivity index (χ1n) is 3.06. The molecule has 0 fully saturated rings. The molecule has 4 nitrogen and oxygen atoms in total. The lowest BCUT2D eigenvalue weighted by molar-refractivity contribution is -0.147. The summed E-state index contributed by atoms with van der Waals surface area (Å²) in [6.45, 7) is 1.67. The van der Waals surface area contributed by atoms with Crippen LogP contribution in [-0.4, -0.2) is 16.2 Å². The lowest BCUT2D eigenvalue weighted by Gasteiger charge is -2.01. The van der Waals surface area contributed by atoms with Gasteiger partial charge in [-0.05, 0) is 12.5 Å². The lowest BCUT2D eigenvalue weighted by atomic mass is 10.1. The van der Waals surface area contributed by atoms with Crippen molar-refractivity contribution in [3.05, 3.63) is 23.7 Å². The molecule has 1 unspecified atom stereocenters. The van der Waals surface area contributed by atoms with Crippen LogP contribution >= 0.6 is 0 Å². The number of carboxylic acids is 1. The second kappa shape index (κ2) is 2.75. The first-order chi connectivity index (χ1) is 5.13. The zero-order valence-electron chi connectivity index (χ0n) is 5.94. The van der Waals surface area contributed by atoms with Crippen LogP contribution < -0.4 is 0 Å². The van der Waals surface area contributed by atoms with Crippen LogP contribution in [0.15, 0.2) is 16.9 Å². The molecule has 0 amide bonds. The van der Waals surface area contributed by atoms with E-state index in [9.17, 15) is 4.79 Å². The molecule has 4 heteroatoms. The maximum Gasteiger partial charge on any atom is 0.337 e. The second-order valence-corrected chi connectivity index (χ2v) is 2.25. The summed E-state index contributed by atoms with van der Waals surface area (Å²) in [5.41, 5.74) is 0.942. The molecule has 11 heavy (non-hydrogen) atoms. The Labute approximate surface area is 63.1 Å². The molecular formula is C7H8O4. The van der Waals surface area contributed by atoms with Gasteiger partial charge in [0.15, 0.2) is 6.10 Å². The van der Waals surface area contributed by atoms with E-state index >= 15 is 0 Å². The van der Waals surface area contributed by atoms with E-state index < -0.39 is 12.1 Å². The van der Waals surface area contributed by atoms with Crippen molar-refractivity contribution in [1.29, 1.82) is 0 Å². The average molecular weight is 156 g/mol. The first kappa shape index (κ1) is 7.81. The van der Waals surface area contributed by atoms with Gasteiger partial charge in [-0.3, -0.25) is 0 Å². The highest BCUT2D eigenvalue weighted by molar-refractivity contribution is 5.74. The Morgan fingerprint density at radius 1 is 1.64 bits per heavy atom. The quantitative estimate of drug-likeness (QED) is 0.661. The number of furan rings is 1. The molecule has 1 aromatic rings. The van der Waals surface area contributed by atoms with Gasteiger partial charge < -0.3 is 14.6 Å². The van der Waals surface area contributed by atoms with Gasteiger partial charge in [-0.15, -0.1) is 0 Å². The number of aliphatic carboxylic acids is 1. The standard InChI is InChI=1S/C7H8O4/c1-4-2-11-3-5(4)6(8)7(9)10/h2-3,6,8H,1H3,(H,9,10). The monoisotopic (exact) mass is 156 g/mol. The van der Waals surface area contributed by atoms with Gasteiger partial charge in [0.05, 0.1) is 12.5 Å². The SMILES string of the molecule is Cc1cocc1C(O)C(=O)O. The molecule has 0 bridgehead atoms. The van der Waals surface area contributed by atoms with Crippen molar-refractivity contribution in [1.82, 2.24) is 0 Å². The van der Waals surface area contributed by atoms with Crippen molar-refractivity contribution in [3.63, 3.8) is 0 Å². The molecule has 1 rings (SSSR count). The predicted molar refractivity (Wildman–Crippen MR) is 36.0 cm³/mol. The molecule has 0 saturated carbocycles. The van der Waals surface area contributed by atoms with Crippen molar-refractivity contribution in [2.75, 3.05) is 0 Å². The van der Waals surface area contributed by atoms with Gasteiger partial charge in [-0.2, -0.15) is 0 Å². The summed E-state index contributed by atoms with van der Waals surface area (Å²) in [7, 11) is 0. The van der Waals surface area contributed by atoms with Crippen molar-refractivity contribution >= 4 is 5.97 Å². The fourth-order valence-electron chi connectivity index (χ4n) is 0.784. The summed E-state index contributed by atoms with van der Waals surface area (Å²) < 4.78 is 4.69. The molecular weight excluding hydrogens is 148 g/mol.